The third kappa shape index (κ3) is 19.6. The quantitative estimate of drug-likeness (QED) is 0.0143. The molecular formula is C67H84N6O12. The molecule has 0 aliphatic heterocycles. The number of aliphatic hydroxyl groups is 1. The highest BCUT2D eigenvalue weighted by Crippen LogP contribution is 2.38. The van der Waals surface area contributed by atoms with E-state index in [1.54, 1.807) is 58.9 Å². The Morgan fingerprint density at radius 2 is 1.07 bits per heavy atom. The van der Waals surface area contributed by atoms with Crippen molar-refractivity contribution in [1.82, 2.24) is 31.9 Å². The molecule has 0 aromatic heterocycles. The fraction of sp³-hybridized carbons (Fsp3) is 0.433. The van der Waals surface area contributed by atoms with Crippen molar-refractivity contribution in [2.24, 2.45) is 23.7 Å². The number of rotatable bonds is 28. The molecule has 1 aliphatic carbocycles. The van der Waals surface area contributed by atoms with Gasteiger partial charge in [-0.3, -0.25) is 28.8 Å². The van der Waals surface area contributed by atoms with Gasteiger partial charge in [0.2, 0.25) is 29.5 Å². The Bertz CT molecular complexity index is 2880. The molecule has 8 atom stereocenters. The summed E-state index contributed by atoms with van der Waals surface area (Å²) in [4.78, 5) is 113. The predicted octanol–water partition coefficient (Wildman–Crippen LogP) is 8.08. The molecule has 6 amide bonds. The number of esters is 2. The van der Waals surface area contributed by atoms with Gasteiger partial charge < -0.3 is 51.2 Å². The van der Waals surface area contributed by atoms with E-state index in [9.17, 15) is 33.9 Å². The lowest BCUT2D eigenvalue weighted by Gasteiger charge is -2.37. The van der Waals surface area contributed by atoms with Crippen molar-refractivity contribution in [3.8, 4) is 0 Å². The standard InChI is InChI=1S/C67H84N6O12/c1-43(2)39-54(59(76)51-35-24-36-52(51)60(77)68-45(5)64(81)84-42-47-27-16-10-17-28-47)69-62(79)55(40-56(74)73-67(48-29-18-11-19-30-48,49-31-20-12-21-32-49)50-33-22-13-23-34-50)70-63(80)58(44(3)4)72-61(78)53(71-65(82)85-66(6,7)8)37-38-57(75)83-41-46-25-14-9-15-26-46/h9-23,25-34,43-45,51-55,58-59,76H,24,35-42H2,1-8H3,(H,68,77)(H,69,79)(H,70,80)(H,71,82)(H,72,78)(H,73,74)/t45-,51+,52+,53-,54-,55-,58-,59-/m0/s1. The molecule has 7 N–H and O–H groups in total. The molecule has 1 saturated carbocycles. The van der Waals surface area contributed by atoms with Crippen molar-refractivity contribution in [1.29, 1.82) is 0 Å². The second kappa shape index (κ2) is 31.5. The normalized spacial score (nSPS) is 16.3. The van der Waals surface area contributed by atoms with Crippen LogP contribution in [0, 0.1) is 23.7 Å². The van der Waals surface area contributed by atoms with Crippen LogP contribution in [0.15, 0.2) is 152 Å². The van der Waals surface area contributed by atoms with Crippen LogP contribution in [0.2, 0.25) is 0 Å². The Hall–Kier alpha value is -8.38. The summed E-state index contributed by atoms with van der Waals surface area (Å²) in [5, 5.41) is 29.5. The highest BCUT2D eigenvalue weighted by molar-refractivity contribution is 5.96. The largest absolute Gasteiger partial charge is 0.461 e. The first-order chi connectivity index (χ1) is 40.5. The van der Waals surface area contributed by atoms with Gasteiger partial charge in [0, 0.05) is 12.3 Å². The first kappa shape index (κ1) is 65.8. The van der Waals surface area contributed by atoms with Gasteiger partial charge >= 0.3 is 18.0 Å². The summed E-state index contributed by atoms with van der Waals surface area (Å²) in [6.45, 7) is 13.6. The van der Waals surface area contributed by atoms with Crippen molar-refractivity contribution in [2.75, 3.05) is 0 Å². The number of amides is 6. The molecular weight excluding hydrogens is 1080 g/mol. The Morgan fingerprint density at radius 3 is 1.56 bits per heavy atom. The molecule has 0 radical (unpaired) electrons. The van der Waals surface area contributed by atoms with Crippen LogP contribution >= 0.6 is 0 Å². The molecule has 18 heteroatoms. The van der Waals surface area contributed by atoms with E-state index in [-0.39, 0.29) is 38.4 Å². The predicted molar refractivity (Wildman–Crippen MR) is 321 cm³/mol. The van der Waals surface area contributed by atoms with E-state index in [4.69, 9.17) is 14.2 Å². The van der Waals surface area contributed by atoms with Crippen LogP contribution in [-0.4, -0.2) is 94.6 Å². The molecule has 0 spiro atoms. The van der Waals surface area contributed by atoms with E-state index in [1.807, 2.05) is 141 Å². The molecule has 85 heavy (non-hydrogen) atoms. The molecule has 0 heterocycles. The Kier molecular flexibility index (Phi) is 24.4. The first-order valence-electron chi connectivity index (χ1n) is 29.3. The number of benzene rings is 5. The minimum Gasteiger partial charge on any atom is -0.461 e. The van der Waals surface area contributed by atoms with E-state index in [0.29, 0.717) is 36.0 Å². The number of aliphatic hydroxyl groups excluding tert-OH is 1. The van der Waals surface area contributed by atoms with E-state index < -0.39 is 119 Å². The molecule has 0 bridgehead atoms. The van der Waals surface area contributed by atoms with Gasteiger partial charge in [-0.15, -0.1) is 0 Å². The molecule has 1 aliphatic rings. The van der Waals surface area contributed by atoms with E-state index in [2.05, 4.69) is 31.9 Å². The first-order valence-corrected chi connectivity index (χ1v) is 29.3. The van der Waals surface area contributed by atoms with Gasteiger partial charge in [0.1, 0.15) is 48.5 Å². The van der Waals surface area contributed by atoms with Crippen LogP contribution in [0.25, 0.3) is 0 Å². The SMILES string of the molecule is CC(C)C[C@H](NC(=O)[C@H](CC(=O)NC(c1ccccc1)(c1ccccc1)c1ccccc1)NC(=O)[C@@H](NC(=O)[C@H](CCC(=O)OCc1ccccc1)NC(=O)OC(C)(C)C)C(C)C)[C@@H](O)[C@@H]1CCC[C@H]1C(=O)N[C@@H](C)C(=O)OCc1ccccc1. The van der Waals surface area contributed by atoms with Crippen LogP contribution in [0.3, 0.4) is 0 Å². The number of hydrogen-bond acceptors (Lipinski definition) is 12. The monoisotopic (exact) mass is 1160 g/mol. The van der Waals surface area contributed by atoms with Gasteiger partial charge in [0.15, 0.2) is 0 Å². The second-order valence-corrected chi connectivity index (χ2v) is 23.5. The molecule has 454 valence electrons. The number of nitrogens with one attached hydrogen (secondary N) is 6. The fourth-order valence-electron chi connectivity index (χ4n) is 10.6. The number of alkyl carbamates (subject to hydrolysis) is 1. The summed E-state index contributed by atoms with van der Waals surface area (Å²) >= 11 is 0. The van der Waals surface area contributed by atoms with E-state index in [1.165, 1.54) is 6.92 Å². The van der Waals surface area contributed by atoms with Crippen molar-refractivity contribution >= 4 is 47.6 Å². The van der Waals surface area contributed by atoms with Gasteiger partial charge in [-0.05, 0) is 98.9 Å². The molecule has 0 saturated heterocycles. The van der Waals surface area contributed by atoms with E-state index in [0.717, 1.165) is 11.1 Å². The van der Waals surface area contributed by atoms with Crippen molar-refractivity contribution < 1.29 is 57.7 Å². The topological polar surface area (TPSA) is 257 Å². The maximum Gasteiger partial charge on any atom is 0.408 e. The Morgan fingerprint density at radius 1 is 0.576 bits per heavy atom. The summed E-state index contributed by atoms with van der Waals surface area (Å²) in [5.74, 6) is -7.09. The Labute approximate surface area is 499 Å². The lowest BCUT2D eigenvalue weighted by molar-refractivity contribution is -0.149. The van der Waals surface area contributed by atoms with Gasteiger partial charge in [0.05, 0.1) is 18.6 Å². The van der Waals surface area contributed by atoms with Crippen LogP contribution < -0.4 is 31.9 Å². The van der Waals surface area contributed by atoms with E-state index >= 15 is 9.59 Å². The average Bonchev–Trinajstić information content (AvgIpc) is 1.93. The number of carbonyl (C=O) groups is 8. The third-order valence-electron chi connectivity index (χ3n) is 14.9. The summed E-state index contributed by atoms with van der Waals surface area (Å²) in [5.41, 5.74) is 1.33. The van der Waals surface area contributed by atoms with Crippen LogP contribution in [0.5, 0.6) is 0 Å². The zero-order valence-corrected chi connectivity index (χ0v) is 50.0. The van der Waals surface area contributed by atoms with Gasteiger partial charge in [0.25, 0.3) is 0 Å². The zero-order chi connectivity index (χ0) is 61.7. The second-order valence-electron chi connectivity index (χ2n) is 23.5. The highest BCUT2D eigenvalue weighted by atomic mass is 16.6. The van der Waals surface area contributed by atoms with Gasteiger partial charge in [-0.25, -0.2) is 9.59 Å². The third-order valence-corrected chi connectivity index (χ3v) is 14.9. The molecule has 1 fully saturated rings. The minimum atomic E-state index is -1.65. The summed E-state index contributed by atoms with van der Waals surface area (Å²) in [6.07, 6.45) is -1.81. The van der Waals surface area contributed by atoms with Crippen molar-refractivity contribution in [2.45, 2.75) is 161 Å². The zero-order valence-electron chi connectivity index (χ0n) is 50.0. The smallest absolute Gasteiger partial charge is 0.408 e. The fourth-order valence-corrected chi connectivity index (χ4v) is 10.6. The maximum atomic E-state index is 15.2. The lowest BCUT2D eigenvalue weighted by Crippen LogP contribution is -2.60. The summed E-state index contributed by atoms with van der Waals surface area (Å²) in [6, 6.07) is 39.7. The average molecular weight is 1170 g/mol. The lowest BCUT2D eigenvalue weighted by atomic mass is 9.77. The van der Waals surface area contributed by atoms with Gasteiger partial charge in [-0.2, -0.15) is 0 Å². The van der Waals surface area contributed by atoms with Crippen LogP contribution in [0.1, 0.15) is 128 Å². The van der Waals surface area contributed by atoms with Crippen LogP contribution in [0.4, 0.5) is 4.79 Å². The molecule has 18 nitrogen and oxygen atoms in total. The number of hydrogen-bond donors (Lipinski definition) is 7. The minimum absolute atomic E-state index is 0.0194. The number of ether oxygens (including phenoxy) is 3. The maximum absolute atomic E-state index is 15.2. The number of carbonyl (C=O) groups excluding carboxylic acids is 8. The molecule has 6 rings (SSSR count). The van der Waals surface area contributed by atoms with Crippen molar-refractivity contribution in [3.63, 3.8) is 0 Å². The summed E-state index contributed by atoms with van der Waals surface area (Å²) in [7, 11) is 0. The highest BCUT2D eigenvalue weighted by Gasteiger charge is 2.44. The van der Waals surface area contributed by atoms with Gasteiger partial charge in [-0.1, -0.05) is 186 Å². The molecule has 5 aromatic rings. The molecule has 0 unspecified atom stereocenters. The van der Waals surface area contributed by atoms with Crippen molar-refractivity contribution in [3.05, 3.63) is 179 Å². The summed E-state index contributed by atoms with van der Waals surface area (Å²) < 4.78 is 16.4. The van der Waals surface area contributed by atoms with Crippen LogP contribution in [-0.2, 0) is 66.5 Å². The molecule has 5 aromatic carbocycles. The Balaban J connectivity index is 1.29.